The van der Waals surface area contributed by atoms with Gasteiger partial charge in [0.1, 0.15) is 17.7 Å². The fraction of sp³-hybridized carbons (Fsp3) is 0.667. The first-order chi connectivity index (χ1) is 5.99. The predicted molar refractivity (Wildman–Crippen MR) is 43.9 cm³/mol. The molecule has 0 radical (unpaired) electrons. The zero-order valence-electron chi connectivity index (χ0n) is 6.38. The van der Waals surface area contributed by atoms with E-state index >= 15 is 0 Å². The maximum atomic E-state index is 11.3. The van der Waals surface area contributed by atoms with E-state index in [0.717, 1.165) is 4.90 Å². The molecule has 0 aromatic carbocycles. The Hall–Kier alpha value is -0.620. The van der Waals surface area contributed by atoms with Crippen molar-refractivity contribution in [1.82, 2.24) is 4.90 Å². The molecule has 2 fully saturated rings. The molecule has 5 nitrogen and oxygen atoms in total. The molecule has 1 unspecified atom stereocenters. The van der Waals surface area contributed by atoms with E-state index in [4.69, 9.17) is 11.6 Å². The fourth-order valence-electron chi connectivity index (χ4n) is 1.68. The molecule has 0 spiro atoms. The fourth-order valence-corrected chi connectivity index (χ4v) is 4.38. The number of β-lactam (4-membered cyclic amide) rings is 1. The largest absolute Gasteiger partial charge is 0.312 e. The lowest BCUT2D eigenvalue weighted by Gasteiger charge is -2.38. The van der Waals surface area contributed by atoms with Crippen LogP contribution in [0.4, 0.5) is 0 Å². The molecular weight excluding hydrogens is 218 g/mol. The van der Waals surface area contributed by atoms with Crippen molar-refractivity contribution in [3.05, 3.63) is 0 Å². The van der Waals surface area contributed by atoms with Crippen molar-refractivity contribution in [1.29, 1.82) is 0 Å². The van der Waals surface area contributed by atoms with Gasteiger partial charge in [-0.25, -0.2) is 8.42 Å². The number of carbonyl (C=O) groups is 2. The minimum Gasteiger partial charge on any atom is -0.312 e. The number of hydrogen-bond acceptors (Lipinski definition) is 4. The van der Waals surface area contributed by atoms with Gasteiger partial charge in [0.25, 0.3) is 0 Å². The van der Waals surface area contributed by atoms with Crippen molar-refractivity contribution in [2.45, 2.75) is 16.8 Å². The van der Waals surface area contributed by atoms with Crippen LogP contribution < -0.4 is 0 Å². The smallest absolute Gasteiger partial charge is 0.245 e. The zero-order valence-corrected chi connectivity index (χ0v) is 7.96. The van der Waals surface area contributed by atoms with Crippen molar-refractivity contribution >= 4 is 33.6 Å². The number of rotatable bonds is 1. The van der Waals surface area contributed by atoms with Crippen molar-refractivity contribution < 1.29 is 18.0 Å². The average Bonchev–Trinajstić information content (AvgIpc) is 2.33. The summed E-state index contributed by atoms with van der Waals surface area (Å²) in [6, 6.07) is -0.836. The SMILES string of the molecule is O=CC1CS(=O)(=O)[C@H]2[C@@H](Cl)C(=O)N12. The van der Waals surface area contributed by atoms with Gasteiger partial charge in [-0.3, -0.25) is 4.79 Å². The standard InChI is InChI=1S/C6H6ClNO4S/c7-4-5(10)8-3(1-9)2-13(11,12)6(4)8/h1,3-4,6H,2H2/t3?,4-,6-/m0/s1. The quantitative estimate of drug-likeness (QED) is 0.317. The molecule has 13 heavy (non-hydrogen) atoms. The highest BCUT2D eigenvalue weighted by Gasteiger charge is 2.61. The molecule has 0 N–H and O–H groups in total. The minimum absolute atomic E-state index is 0.296. The number of sulfone groups is 1. The topological polar surface area (TPSA) is 71.5 Å². The molecule has 0 bridgehead atoms. The summed E-state index contributed by atoms with van der Waals surface area (Å²) in [4.78, 5) is 22.5. The number of hydrogen-bond donors (Lipinski definition) is 0. The van der Waals surface area contributed by atoms with E-state index in [0.29, 0.717) is 6.29 Å². The molecule has 2 saturated heterocycles. The van der Waals surface area contributed by atoms with Crippen LogP contribution in [0.25, 0.3) is 0 Å². The number of nitrogens with zero attached hydrogens (tertiary/aromatic N) is 1. The molecule has 2 rings (SSSR count). The van der Waals surface area contributed by atoms with E-state index in [2.05, 4.69) is 0 Å². The Balaban J connectivity index is 2.40. The second-order valence-corrected chi connectivity index (χ2v) is 5.68. The van der Waals surface area contributed by atoms with Crippen LogP contribution in [0.3, 0.4) is 0 Å². The lowest BCUT2D eigenvalue weighted by atomic mass is 10.1. The van der Waals surface area contributed by atoms with Gasteiger partial charge in [0.05, 0.1) is 5.75 Å². The Kier molecular flexibility index (Phi) is 1.69. The third-order valence-electron chi connectivity index (χ3n) is 2.30. The monoisotopic (exact) mass is 223 g/mol. The van der Waals surface area contributed by atoms with Crippen molar-refractivity contribution in [3.63, 3.8) is 0 Å². The second-order valence-electron chi connectivity index (χ2n) is 3.07. The number of carbonyl (C=O) groups excluding carboxylic acids is 2. The highest BCUT2D eigenvalue weighted by Crippen LogP contribution is 2.37. The summed E-state index contributed by atoms with van der Waals surface area (Å²) in [7, 11) is -3.39. The third kappa shape index (κ3) is 0.955. The molecule has 1 amide bonds. The summed E-state index contributed by atoms with van der Waals surface area (Å²) in [5, 5.41) is -1.98. The van der Waals surface area contributed by atoms with Gasteiger partial charge >= 0.3 is 0 Å². The maximum Gasteiger partial charge on any atom is 0.245 e. The molecule has 0 saturated carbocycles. The van der Waals surface area contributed by atoms with Crippen molar-refractivity contribution in [2.75, 3.05) is 5.75 Å². The summed E-state index contributed by atoms with van der Waals surface area (Å²) >= 11 is 5.52. The Morgan fingerprint density at radius 3 is 2.69 bits per heavy atom. The van der Waals surface area contributed by atoms with Crippen LogP contribution in [-0.2, 0) is 19.4 Å². The van der Waals surface area contributed by atoms with Gasteiger partial charge in [-0.15, -0.1) is 11.6 Å². The van der Waals surface area contributed by atoms with Crippen LogP contribution in [0.1, 0.15) is 0 Å². The number of amides is 1. The highest BCUT2D eigenvalue weighted by atomic mass is 35.5. The summed E-state index contributed by atoms with van der Waals surface area (Å²) in [6.07, 6.45) is 0.470. The lowest BCUT2D eigenvalue weighted by Crippen LogP contribution is -2.63. The first-order valence-corrected chi connectivity index (χ1v) is 5.77. The van der Waals surface area contributed by atoms with Crippen LogP contribution in [0.2, 0.25) is 0 Å². The Morgan fingerprint density at radius 2 is 2.15 bits per heavy atom. The Labute approximate surface area is 79.6 Å². The molecule has 0 aromatic rings. The molecule has 3 atom stereocenters. The molecule has 7 heteroatoms. The van der Waals surface area contributed by atoms with Crippen molar-refractivity contribution in [2.24, 2.45) is 0 Å². The van der Waals surface area contributed by atoms with Gasteiger partial charge in [0.15, 0.2) is 15.2 Å². The predicted octanol–water partition coefficient (Wildman–Crippen LogP) is -1.24. The zero-order chi connectivity index (χ0) is 9.80. The highest BCUT2D eigenvalue weighted by molar-refractivity contribution is 7.92. The second kappa shape index (κ2) is 2.45. The van der Waals surface area contributed by atoms with Gasteiger partial charge < -0.3 is 9.69 Å². The van der Waals surface area contributed by atoms with E-state index in [-0.39, 0.29) is 5.75 Å². The normalized spacial score (nSPS) is 41.2. The number of aldehydes is 1. The summed E-state index contributed by atoms with van der Waals surface area (Å²) in [6.45, 7) is 0. The summed E-state index contributed by atoms with van der Waals surface area (Å²) in [5.41, 5.74) is 0. The molecule has 0 aromatic heterocycles. The van der Waals surface area contributed by atoms with E-state index in [1.54, 1.807) is 0 Å². The molecule has 72 valence electrons. The summed E-state index contributed by atoms with van der Waals surface area (Å²) < 4.78 is 22.6. The number of alkyl halides is 1. The molecule has 2 aliphatic rings. The van der Waals surface area contributed by atoms with Crippen LogP contribution in [-0.4, -0.2) is 48.1 Å². The van der Waals surface area contributed by atoms with Gasteiger partial charge in [-0.1, -0.05) is 0 Å². The van der Waals surface area contributed by atoms with Gasteiger partial charge in [-0.2, -0.15) is 0 Å². The maximum absolute atomic E-state index is 11.3. The van der Waals surface area contributed by atoms with E-state index in [9.17, 15) is 18.0 Å². The Morgan fingerprint density at radius 1 is 1.54 bits per heavy atom. The molecular formula is C6H6ClNO4S. The van der Waals surface area contributed by atoms with Crippen LogP contribution in [0.5, 0.6) is 0 Å². The first-order valence-electron chi connectivity index (χ1n) is 3.62. The van der Waals surface area contributed by atoms with E-state index in [1.165, 1.54) is 0 Å². The number of halogens is 1. The van der Waals surface area contributed by atoms with Gasteiger partial charge in [0, 0.05) is 0 Å². The van der Waals surface area contributed by atoms with Gasteiger partial charge in [0.2, 0.25) is 5.91 Å². The Bertz CT molecular complexity index is 378. The van der Waals surface area contributed by atoms with Crippen LogP contribution >= 0.6 is 11.6 Å². The van der Waals surface area contributed by atoms with E-state index < -0.39 is 32.5 Å². The lowest BCUT2D eigenvalue weighted by molar-refractivity contribution is -0.144. The van der Waals surface area contributed by atoms with Crippen LogP contribution in [0.15, 0.2) is 0 Å². The third-order valence-corrected chi connectivity index (χ3v) is 4.92. The molecule has 2 heterocycles. The molecule has 2 aliphatic heterocycles. The molecule has 0 aliphatic carbocycles. The number of fused-ring (bicyclic) bond motifs is 1. The first kappa shape index (κ1) is 8.96. The minimum atomic E-state index is -3.39. The summed E-state index contributed by atoms with van der Waals surface area (Å²) in [5.74, 6) is -0.763. The average molecular weight is 224 g/mol. The van der Waals surface area contributed by atoms with E-state index in [1.807, 2.05) is 0 Å². The van der Waals surface area contributed by atoms with Gasteiger partial charge in [-0.05, 0) is 0 Å². The van der Waals surface area contributed by atoms with Crippen molar-refractivity contribution in [3.8, 4) is 0 Å². The van der Waals surface area contributed by atoms with Crippen LogP contribution in [0, 0.1) is 0 Å².